The van der Waals surface area contributed by atoms with Crippen LogP contribution in [0.4, 0.5) is 0 Å². The third-order valence-corrected chi connectivity index (χ3v) is 2.67. The van der Waals surface area contributed by atoms with E-state index >= 15 is 0 Å². The van der Waals surface area contributed by atoms with Gasteiger partial charge in [-0.15, -0.1) is 0 Å². The highest BCUT2D eigenvalue weighted by Gasteiger charge is 2.17. The Bertz CT molecular complexity index is 266. The maximum absolute atomic E-state index is 11.8. The van der Waals surface area contributed by atoms with Crippen molar-refractivity contribution < 1.29 is 19.4 Å². The van der Waals surface area contributed by atoms with Crippen LogP contribution < -0.4 is 0 Å². The first-order valence-electron chi connectivity index (χ1n) is 6.43. The number of ether oxygens (including phenoxy) is 1. The van der Waals surface area contributed by atoms with Crippen LogP contribution in [0.5, 0.6) is 0 Å². The first-order valence-corrected chi connectivity index (χ1v) is 6.43. The summed E-state index contributed by atoms with van der Waals surface area (Å²) in [6, 6.07) is 0. The zero-order valence-electron chi connectivity index (χ0n) is 11.8. The summed E-state index contributed by atoms with van der Waals surface area (Å²) >= 11 is 0. The summed E-state index contributed by atoms with van der Waals surface area (Å²) < 4.78 is 5.46. The molecule has 5 nitrogen and oxygen atoms in total. The van der Waals surface area contributed by atoms with Gasteiger partial charge in [0, 0.05) is 26.6 Å². The maximum atomic E-state index is 11.8. The molecule has 1 N–H and O–H groups in total. The second-order valence-electron chi connectivity index (χ2n) is 4.95. The highest BCUT2D eigenvalue weighted by Crippen LogP contribution is 2.04. The molecule has 0 radical (unpaired) electrons. The lowest BCUT2D eigenvalue weighted by Crippen LogP contribution is -2.37. The molecule has 5 heteroatoms. The molecule has 1 atom stereocenters. The molecular weight excluding hydrogens is 234 g/mol. The maximum Gasteiger partial charge on any atom is 0.303 e. The Hall–Kier alpha value is -1.10. The van der Waals surface area contributed by atoms with Gasteiger partial charge in [-0.05, 0) is 25.7 Å². The van der Waals surface area contributed by atoms with E-state index in [4.69, 9.17) is 9.84 Å². The van der Waals surface area contributed by atoms with E-state index in [1.54, 1.807) is 14.0 Å². The lowest BCUT2D eigenvalue weighted by Gasteiger charge is -2.21. The minimum absolute atomic E-state index is 0.0835. The number of carboxylic acid groups (broad SMARTS) is 1. The Morgan fingerprint density at radius 2 is 1.89 bits per heavy atom. The van der Waals surface area contributed by atoms with E-state index in [0.717, 1.165) is 6.42 Å². The monoisotopic (exact) mass is 259 g/mol. The van der Waals surface area contributed by atoms with Crippen LogP contribution in [0.25, 0.3) is 0 Å². The molecule has 0 aromatic rings. The third kappa shape index (κ3) is 8.06. The number of carbonyl (C=O) groups is 2. The topological polar surface area (TPSA) is 66.8 Å². The van der Waals surface area contributed by atoms with Crippen LogP contribution in [0.15, 0.2) is 0 Å². The quantitative estimate of drug-likeness (QED) is 0.685. The van der Waals surface area contributed by atoms with Gasteiger partial charge in [-0.1, -0.05) is 13.8 Å². The SMILES string of the molecule is CC(C)CCOC(C)C(=O)N(C)CCCC(=O)O. The molecule has 0 spiro atoms. The normalized spacial score (nSPS) is 12.5. The minimum Gasteiger partial charge on any atom is -0.481 e. The van der Waals surface area contributed by atoms with Crippen LogP contribution in [0.1, 0.15) is 40.0 Å². The summed E-state index contributed by atoms with van der Waals surface area (Å²) in [6.45, 7) is 6.97. The fraction of sp³-hybridized carbons (Fsp3) is 0.846. The molecule has 0 rings (SSSR count). The van der Waals surface area contributed by atoms with Crippen molar-refractivity contribution in [3.63, 3.8) is 0 Å². The number of likely N-dealkylation sites (N-methyl/N-ethyl adjacent to an activating group) is 1. The number of nitrogens with zero attached hydrogens (tertiary/aromatic N) is 1. The molecule has 0 aromatic carbocycles. The predicted octanol–water partition coefficient (Wildman–Crippen LogP) is 1.76. The molecular formula is C13H25NO4. The lowest BCUT2D eigenvalue weighted by molar-refractivity contribution is -0.142. The smallest absolute Gasteiger partial charge is 0.303 e. The van der Waals surface area contributed by atoms with Crippen molar-refractivity contribution in [1.82, 2.24) is 4.90 Å². The molecule has 0 saturated heterocycles. The fourth-order valence-corrected chi connectivity index (χ4v) is 1.44. The minimum atomic E-state index is -0.836. The Morgan fingerprint density at radius 3 is 2.39 bits per heavy atom. The Morgan fingerprint density at radius 1 is 1.28 bits per heavy atom. The van der Waals surface area contributed by atoms with E-state index in [9.17, 15) is 9.59 Å². The number of rotatable bonds is 9. The predicted molar refractivity (Wildman–Crippen MR) is 69.4 cm³/mol. The molecule has 106 valence electrons. The summed E-state index contributed by atoms with van der Waals surface area (Å²) in [5.41, 5.74) is 0. The molecule has 0 heterocycles. The van der Waals surface area contributed by atoms with Gasteiger partial charge in [0.05, 0.1) is 0 Å². The van der Waals surface area contributed by atoms with E-state index in [1.165, 1.54) is 4.90 Å². The summed E-state index contributed by atoms with van der Waals surface area (Å²) in [7, 11) is 1.67. The van der Waals surface area contributed by atoms with Crippen molar-refractivity contribution in [1.29, 1.82) is 0 Å². The Kier molecular flexibility index (Phi) is 8.37. The zero-order valence-corrected chi connectivity index (χ0v) is 11.8. The highest BCUT2D eigenvalue weighted by atomic mass is 16.5. The van der Waals surface area contributed by atoms with E-state index in [0.29, 0.717) is 25.5 Å². The number of carbonyl (C=O) groups excluding carboxylic acids is 1. The van der Waals surface area contributed by atoms with Gasteiger partial charge in [0.1, 0.15) is 6.10 Å². The van der Waals surface area contributed by atoms with E-state index in [-0.39, 0.29) is 12.3 Å². The zero-order chi connectivity index (χ0) is 14.1. The third-order valence-electron chi connectivity index (χ3n) is 2.67. The number of amides is 1. The number of hydrogen-bond acceptors (Lipinski definition) is 3. The van der Waals surface area contributed by atoms with Gasteiger partial charge in [0.2, 0.25) is 0 Å². The molecule has 0 saturated carbocycles. The molecule has 1 unspecified atom stereocenters. The molecule has 0 aliphatic rings. The van der Waals surface area contributed by atoms with Gasteiger partial charge in [0.25, 0.3) is 5.91 Å². The summed E-state index contributed by atoms with van der Waals surface area (Å²) in [5.74, 6) is -0.373. The Balaban J connectivity index is 3.85. The Labute approximate surface area is 109 Å². The largest absolute Gasteiger partial charge is 0.481 e. The molecule has 0 aliphatic carbocycles. The number of hydrogen-bond donors (Lipinski definition) is 1. The van der Waals surface area contributed by atoms with Crippen molar-refractivity contribution in [3.8, 4) is 0 Å². The second kappa shape index (κ2) is 8.91. The van der Waals surface area contributed by atoms with E-state index in [2.05, 4.69) is 13.8 Å². The first-order chi connectivity index (χ1) is 8.34. The van der Waals surface area contributed by atoms with Crippen molar-refractivity contribution in [2.45, 2.75) is 46.1 Å². The van der Waals surface area contributed by atoms with Crippen LogP contribution in [-0.2, 0) is 14.3 Å². The van der Waals surface area contributed by atoms with Gasteiger partial charge >= 0.3 is 5.97 Å². The van der Waals surface area contributed by atoms with E-state index in [1.807, 2.05) is 0 Å². The average molecular weight is 259 g/mol. The van der Waals surface area contributed by atoms with Gasteiger partial charge in [-0.3, -0.25) is 9.59 Å². The molecule has 0 bridgehead atoms. The van der Waals surface area contributed by atoms with Crippen molar-refractivity contribution in [2.75, 3.05) is 20.2 Å². The first kappa shape index (κ1) is 16.9. The van der Waals surface area contributed by atoms with Crippen molar-refractivity contribution >= 4 is 11.9 Å². The molecule has 0 aliphatic heterocycles. The number of carboxylic acids is 1. The van der Waals surface area contributed by atoms with Gasteiger partial charge in [-0.25, -0.2) is 0 Å². The van der Waals surface area contributed by atoms with Crippen LogP contribution in [0.3, 0.4) is 0 Å². The van der Waals surface area contributed by atoms with Crippen LogP contribution in [0, 0.1) is 5.92 Å². The highest BCUT2D eigenvalue weighted by molar-refractivity contribution is 5.80. The van der Waals surface area contributed by atoms with E-state index < -0.39 is 12.1 Å². The van der Waals surface area contributed by atoms with Crippen LogP contribution >= 0.6 is 0 Å². The molecule has 1 amide bonds. The van der Waals surface area contributed by atoms with Crippen molar-refractivity contribution in [2.24, 2.45) is 5.92 Å². The van der Waals surface area contributed by atoms with Crippen LogP contribution in [-0.4, -0.2) is 48.2 Å². The summed E-state index contributed by atoms with van der Waals surface area (Å²) in [6.07, 6.45) is 1.02. The van der Waals surface area contributed by atoms with Gasteiger partial charge < -0.3 is 14.7 Å². The molecule has 18 heavy (non-hydrogen) atoms. The number of aliphatic carboxylic acids is 1. The molecule has 0 aromatic heterocycles. The van der Waals surface area contributed by atoms with Gasteiger partial charge in [0.15, 0.2) is 0 Å². The van der Waals surface area contributed by atoms with Gasteiger partial charge in [-0.2, -0.15) is 0 Å². The summed E-state index contributed by atoms with van der Waals surface area (Å²) in [4.78, 5) is 23.7. The molecule has 0 fully saturated rings. The van der Waals surface area contributed by atoms with Crippen LogP contribution in [0.2, 0.25) is 0 Å². The van der Waals surface area contributed by atoms with Crippen molar-refractivity contribution in [3.05, 3.63) is 0 Å². The average Bonchev–Trinajstić information content (AvgIpc) is 2.26. The standard InChI is InChI=1S/C13H25NO4/c1-10(2)7-9-18-11(3)13(17)14(4)8-5-6-12(15)16/h10-11H,5-9H2,1-4H3,(H,15,16). The second-order valence-corrected chi connectivity index (χ2v) is 4.95. The summed E-state index contributed by atoms with van der Waals surface area (Å²) in [5, 5.41) is 8.51. The fourth-order valence-electron chi connectivity index (χ4n) is 1.44. The lowest BCUT2D eigenvalue weighted by atomic mass is 10.1.